The zero-order valence-electron chi connectivity index (χ0n) is 17.5. The van der Waals surface area contributed by atoms with E-state index in [1.54, 1.807) is 18.1 Å². The van der Waals surface area contributed by atoms with Crippen LogP contribution in [0.2, 0.25) is 0 Å². The van der Waals surface area contributed by atoms with E-state index in [1.165, 1.54) is 11.8 Å². The van der Waals surface area contributed by atoms with Crippen LogP contribution in [0, 0.1) is 11.3 Å². The average molecular weight is 500 g/mol. The summed E-state index contributed by atoms with van der Waals surface area (Å²) in [6.07, 6.45) is 1.83. The maximum Gasteiger partial charge on any atom is 0.266 e. The molecule has 0 spiro atoms. The predicted octanol–water partition coefficient (Wildman–Crippen LogP) is 5.22. The predicted molar refractivity (Wildman–Crippen MR) is 127 cm³/mol. The van der Waals surface area contributed by atoms with E-state index in [-0.39, 0.29) is 12.5 Å². The molecule has 0 radical (unpaired) electrons. The second kappa shape index (κ2) is 10.5. The molecule has 0 atom stereocenters. The number of amides is 1. The minimum absolute atomic E-state index is 0.0565. The minimum atomic E-state index is -0.0565. The number of ether oxygens (including phenoxy) is 2. The minimum Gasteiger partial charge on any atom is -0.493 e. The fraction of sp³-hybridized carbons (Fsp3) is 0.261. The van der Waals surface area contributed by atoms with Gasteiger partial charge < -0.3 is 9.47 Å². The lowest BCUT2D eigenvalue weighted by Gasteiger charge is -2.14. The van der Waals surface area contributed by atoms with Crippen molar-refractivity contribution in [2.24, 2.45) is 4.99 Å². The van der Waals surface area contributed by atoms with E-state index >= 15 is 0 Å². The number of hydrogen-bond donors (Lipinski definition) is 0. The molecule has 1 amide bonds. The summed E-state index contributed by atoms with van der Waals surface area (Å²) in [7, 11) is 1.57. The van der Waals surface area contributed by atoms with Crippen molar-refractivity contribution in [1.29, 1.82) is 5.26 Å². The average Bonchev–Trinajstić information content (AvgIpc) is 3.08. The first-order valence-electron chi connectivity index (χ1n) is 9.76. The van der Waals surface area contributed by atoms with Crippen LogP contribution < -0.4 is 9.47 Å². The Labute approximate surface area is 194 Å². The van der Waals surface area contributed by atoms with Gasteiger partial charge in [-0.2, -0.15) is 5.26 Å². The quantitative estimate of drug-likeness (QED) is 0.488. The molecule has 1 aliphatic heterocycles. The van der Waals surface area contributed by atoms with Crippen LogP contribution in [0.3, 0.4) is 0 Å². The molecule has 3 rings (SSSR count). The summed E-state index contributed by atoms with van der Waals surface area (Å²) in [6, 6.07) is 13.1. The maximum absolute atomic E-state index is 12.7. The fourth-order valence-electron chi connectivity index (χ4n) is 3.03. The highest BCUT2D eigenvalue weighted by Gasteiger charge is 2.32. The first-order valence-corrected chi connectivity index (χ1v) is 11.4. The van der Waals surface area contributed by atoms with E-state index in [4.69, 9.17) is 9.47 Å². The van der Waals surface area contributed by atoms with E-state index in [2.05, 4.69) is 27.0 Å². The number of carbonyl (C=O) groups excluding carboxylic acids is 1. The van der Waals surface area contributed by atoms with Crippen molar-refractivity contribution in [3.8, 4) is 17.6 Å². The summed E-state index contributed by atoms with van der Waals surface area (Å²) in [5.74, 6) is 1.02. The second-order valence-electron chi connectivity index (χ2n) is 6.50. The third-order valence-corrected chi connectivity index (χ3v) is 6.32. The molecule has 0 unspecified atom stereocenters. The van der Waals surface area contributed by atoms with Gasteiger partial charge in [0.05, 0.1) is 23.6 Å². The molecule has 160 valence electrons. The summed E-state index contributed by atoms with van der Waals surface area (Å²) in [5.41, 5.74) is 2.17. The number of likely N-dealkylation sites (N-methyl/N-ethyl adjacent to an activating group) is 1. The number of nitriles is 1. The van der Waals surface area contributed by atoms with Crippen molar-refractivity contribution in [2.75, 3.05) is 20.2 Å². The number of aliphatic imine (C=N–C) groups is 1. The van der Waals surface area contributed by atoms with Gasteiger partial charge in [0.2, 0.25) is 0 Å². The molecule has 0 aliphatic carbocycles. The van der Waals surface area contributed by atoms with Crippen LogP contribution >= 0.6 is 27.7 Å². The van der Waals surface area contributed by atoms with Crippen molar-refractivity contribution < 1.29 is 14.3 Å². The molecule has 6 nitrogen and oxygen atoms in total. The standard InChI is InChI=1S/C23H22BrN3O3S/c1-4-26-23-27(5-2)22(28)21(31-23)11-17-10-19(29-3)20(12-18(17)24)30-14-16-9-7-6-8-15(16)13-25/h6-12H,4-5,14H2,1-3H3/b21-11+,26-23?. The van der Waals surface area contributed by atoms with E-state index in [0.29, 0.717) is 35.1 Å². The third kappa shape index (κ3) is 5.12. The molecule has 0 bridgehead atoms. The summed E-state index contributed by atoms with van der Waals surface area (Å²) in [6.45, 7) is 5.32. The first-order chi connectivity index (χ1) is 15.0. The van der Waals surface area contributed by atoms with Crippen LogP contribution in [0.25, 0.3) is 6.08 Å². The van der Waals surface area contributed by atoms with Crippen molar-refractivity contribution in [1.82, 2.24) is 4.90 Å². The number of amidine groups is 1. The van der Waals surface area contributed by atoms with Crippen LogP contribution in [-0.2, 0) is 11.4 Å². The number of halogens is 1. The highest BCUT2D eigenvalue weighted by atomic mass is 79.9. The largest absolute Gasteiger partial charge is 0.493 e. The molecule has 1 saturated heterocycles. The molecule has 8 heteroatoms. The number of methoxy groups -OCH3 is 1. The van der Waals surface area contributed by atoms with Gasteiger partial charge in [-0.25, -0.2) is 0 Å². The molecular formula is C23H22BrN3O3S. The van der Waals surface area contributed by atoms with Crippen LogP contribution in [0.5, 0.6) is 11.5 Å². The van der Waals surface area contributed by atoms with Gasteiger partial charge in [-0.1, -0.05) is 34.1 Å². The molecule has 2 aromatic rings. The van der Waals surface area contributed by atoms with Crippen LogP contribution in [0.15, 0.2) is 50.8 Å². The fourth-order valence-corrected chi connectivity index (χ4v) is 4.56. The molecular weight excluding hydrogens is 478 g/mol. The third-order valence-electron chi connectivity index (χ3n) is 4.59. The Hall–Kier alpha value is -2.76. The molecule has 0 aromatic heterocycles. The van der Waals surface area contributed by atoms with Gasteiger partial charge in [-0.3, -0.25) is 14.7 Å². The van der Waals surface area contributed by atoms with Gasteiger partial charge in [0.25, 0.3) is 5.91 Å². The van der Waals surface area contributed by atoms with Gasteiger partial charge >= 0.3 is 0 Å². The molecule has 0 saturated carbocycles. The van der Waals surface area contributed by atoms with Crippen LogP contribution in [-0.4, -0.2) is 36.2 Å². The highest BCUT2D eigenvalue weighted by Crippen LogP contribution is 2.38. The Balaban J connectivity index is 1.88. The molecule has 31 heavy (non-hydrogen) atoms. The summed E-state index contributed by atoms with van der Waals surface area (Å²) in [5, 5.41) is 9.98. The first kappa shape index (κ1) is 22.9. The molecule has 1 aliphatic rings. The SMILES string of the molecule is CCN=C1S/C(=C/c2cc(OC)c(OCc3ccccc3C#N)cc2Br)C(=O)N1CC. The Bertz CT molecular complexity index is 1090. The summed E-state index contributed by atoms with van der Waals surface area (Å²) >= 11 is 4.95. The molecule has 1 heterocycles. The number of hydrogen-bond acceptors (Lipinski definition) is 6. The Morgan fingerprint density at radius 1 is 1.26 bits per heavy atom. The van der Waals surface area contributed by atoms with Gasteiger partial charge in [0.1, 0.15) is 6.61 Å². The smallest absolute Gasteiger partial charge is 0.266 e. The lowest BCUT2D eigenvalue weighted by Crippen LogP contribution is -2.28. The van der Waals surface area contributed by atoms with Gasteiger partial charge in [0, 0.05) is 23.1 Å². The lowest BCUT2D eigenvalue weighted by atomic mass is 10.1. The maximum atomic E-state index is 12.7. The molecule has 1 fully saturated rings. The topological polar surface area (TPSA) is 74.9 Å². The van der Waals surface area contributed by atoms with Crippen molar-refractivity contribution in [2.45, 2.75) is 20.5 Å². The van der Waals surface area contributed by atoms with Crippen LogP contribution in [0.4, 0.5) is 0 Å². The molecule has 2 aromatic carbocycles. The number of nitrogens with zero attached hydrogens (tertiary/aromatic N) is 3. The normalized spacial score (nSPS) is 16.1. The van der Waals surface area contributed by atoms with Crippen molar-refractivity contribution in [3.05, 3.63) is 62.5 Å². The Kier molecular flexibility index (Phi) is 7.77. The van der Waals surface area contributed by atoms with Crippen molar-refractivity contribution in [3.63, 3.8) is 0 Å². The van der Waals surface area contributed by atoms with Gasteiger partial charge in [-0.05, 0) is 55.4 Å². The van der Waals surface area contributed by atoms with E-state index in [9.17, 15) is 10.1 Å². The highest BCUT2D eigenvalue weighted by molar-refractivity contribution is 9.10. The zero-order valence-corrected chi connectivity index (χ0v) is 19.9. The molecule has 0 N–H and O–H groups in total. The monoisotopic (exact) mass is 499 g/mol. The number of thioether (sulfide) groups is 1. The second-order valence-corrected chi connectivity index (χ2v) is 8.36. The van der Waals surface area contributed by atoms with E-state index in [1.807, 2.05) is 50.3 Å². The number of carbonyl (C=O) groups is 1. The van der Waals surface area contributed by atoms with E-state index in [0.717, 1.165) is 20.8 Å². The van der Waals surface area contributed by atoms with Crippen LogP contribution in [0.1, 0.15) is 30.5 Å². The Morgan fingerprint density at radius 3 is 2.71 bits per heavy atom. The number of benzene rings is 2. The van der Waals surface area contributed by atoms with E-state index < -0.39 is 0 Å². The lowest BCUT2D eigenvalue weighted by molar-refractivity contribution is -0.122. The number of rotatable bonds is 7. The summed E-state index contributed by atoms with van der Waals surface area (Å²) in [4.78, 5) is 19.4. The van der Waals surface area contributed by atoms with Crippen molar-refractivity contribution >= 4 is 44.8 Å². The zero-order chi connectivity index (χ0) is 22.4. The summed E-state index contributed by atoms with van der Waals surface area (Å²) < 4.78 is 12.2. The Morgan fingerprint density at radius 2 is 2.03 bits per heavy atom. The van der Waals surface area contributed by atoms with Gasteiger partial charge in [-0.15, -0.1) is 0 Å². The van der Waals surface area contributed by atoms with Gasteiger partial charge in [0.15, 0.2) is 16.7 Å².